The van der Waals surface area contributed by atoms with Crippen molar-refractivity contribution in [3.63, 3.8) is 0 Å². The van der Waals surface area contributed by atoms with Crippen LogP contribution in [-0.2, 0) is 0 Å². The predicted molar refractivity (Wildman–Crippen MR) is 118 cm³/mol. The van der Waals surface area contributed by atoms with Crippen molar-refractivity contribution in [3.05, 3.63) is 63.0 Å². The first-order chi connectivity index (χ1) is 13.4. The molecule has 2 heterocycles. The Kier molecular flexibility index (Phi) is 4.91. The summed E-state index contributed by atoms with van der Waals surface area (Å²) < 4.78 is 5.27. The molecule has 0 fully saturated rings. The van der Waals surface area contributed by atoms with E-state index in [2.05, 4.69) is 4.98 Å². The highest BCUT2D eigenvalue weighted by atomic mass is 35.5. The summed E-state index contributed by atoms with van der Waals surface area (Å²) >= 11 is 13.9. The van der Waals surface area contributed by atoms with E-state index < -0.39 is 0 Å². The quantitative estimate of drug-likeness (QED) is 0.380. The van der Waals surface area contributed by atoms with Crippen LogP contribution in [0, 0.1) is 6.92 Å². The lowest BCUT2D eigenvalue weighted by molar-refractivity contribution is 0.0997. The molecule has 142 valence electrons. The molecule has 2 aromatic carbocycles. The number of aryl methyl sites for hydroxylation is 1. The molecular weight excluding hydrogens is 415 g/mol. The number of carbonyl (C=O) groups excluding carboxylic acids is 1. The van der Waals surface area contributed by atoms with Crippen molar-refractivity contribution in [2.75, 3.05) is 19.1 Å². The molecule has 0 radical (unpaired) electrons. The maximum Gasteiger partial charge on any atom is 0.268 e. The molecule has 2 aromatic heterocycles. The van der Waals surface area contributed by atoms with Gasteiger partial charge in [-0.05, 0) is 48.9 Å². The monoisotopic (exact) mass is 430 g/mol. The van der Waals surface area contributed by atoms with Crippen molar-refractivity contribution in [1.82, 2.24) is 4.98 Å². The summed E-state index contributed by atoms with van der Waals surface area (Å²) in [6.07, 6.45) is 0. The highest BCUT2D eigenvalue weighted by molar-refractivity contribution is 7.20. The molecule has 0 N–H and O–H groups in total. The van der Waals surface area contributed by atoms with E-state index in [-0.39, 0.29) is 5.91 Å². The molecule has 28 heavy (non-hydrogen) atoms. The minimum Gasteiger partial charge on any atom is -0.495 e. The summed E-state index contributed by atoms with van der Waals surface area (Å²) in [5, 5.41) is 2.86. The first kappa shape index (κ1) is 19.0. The molecule has 0 atom stereocenters. The van der Waals surface area contributed by atoms with Crippen LogP contribution in [0.4, 0.5) is 5.69 Å². The minimum atomic E-state index is -0.110. The zero-order valence-electron chi connectivity index (χ0n) is 15.4. The largest absolute Gasteiger partial charge is 0.495 e. The number of ether oxygens (including phenoxy) is 1. The number of aromatic nitrogens is 1. The van der Waals surface area contributed by atoms with E-state index in [4.69, 9.17) is 27.9 Å². The fourth-order valence-electron chi connectivity index (χ4n) is 3.13. The number of fused-ring (bicyclic) bond motifs is 2. The number of anilines is 1. The lowest BCUT2D eigenvalue weighted by Crippen LogP contribution is -2.26. The van der Waals surface area contributed by atoms with Gasteiger partial charge >= 0.3 is 0 Å². The van der Waals surface area contributed by atoms with Gasteiger partial charge in [-0.1, -0.05) is 29.3 Å². The summed E-state index contributed by atoms with van der Waals surface area (Å²) in [7, 11) is 3.32. The Bertz CT molecular complexity index is 1240. The molecular formula is C21H16Cl2N2O2S. The predicted octanol–water partition coefficient (Wildman–Crippen LogP) is 6.35. The first-order valence-electron chi connectivity index (χ1n) is 8.50. The molecule has 1 amide bonds. The van der Waals surface area contributed by atoms with Gasteiger partial charge in [0.2, 0.25) is 0 Å². The fourth-order valence-corrected chi connectivity index (χ4v) is 4.58. The number of nitrogens with zero attached hydrogens (tertiary/aromatic N) is 2. The zero-order valence-corrected chi connectivity index (χ0v) is 17.7. The van der Waals surface area contributed by atoms with E-state index in [0.29, 0.717) is 26.2 Å². The van der Waals surface area contributed by atoms with Gasteiger partial charge in [-0.25, -0.2) is 4.98 Å². The molecule has 0 aliphatic carbocycles. The number of rotatable bonds is 3. The van der Waals surface area contributed by atoms with Crippen LogP contribution in [-0.4, -0.2) is 25.0 Å². The number of thiophene rings is 1. The highest BCUT2D eigenvalue weighted by Crippen LogP contribution is 2.35. The molecule has 0 bridgehead atoms. The smallest absolute Gasteiger partial charge is 0.268 e. The summed E-state index contributed by atoms with van der Waals surface area (Å²) in [6, 6.07) is 13.1. The van der Waals surface area contributed by atoms with Crippen molar-refractivity contribution >= 4 is 67.3 Å². The van der Waals surface area contributed by atoms with E-state index in [1.54, 1.807) is 25.1 Å². The van der Waals surface area contributed by atoms with Gasteiger partial charge in [-0.3, -0.25) is 4.79 Å². The van der Waals surface area contributed by atoms with Crippen LogP contribution in [0.1, 0.15) is 15.2 Å². The number of hydrogen-bond acceptors (Lipinski definition) is 4. The standard InChI is InChI=1S/C21H16Cl2N2O2S/c1-11-4-6-14(22)10-15(11)25(2)21(26)17-9-13-8-12-5-7-16(27-3)18(23)19(12)24-20(13)28-17/h4-10H,1-3H3. The van der Waals surface area contributed by atoms with E-state index in [0.717, 1.165) is 26.9 Å². The third-order valence-corrected chi connectivity index (χ3v) is 6.28. The van der Waals surface area contributed by atoms with Gasteiger partial charge < -0.3 is 9.64 Å². The van der Waals surface area contributed by atoms with Crippen LogP contribution in [0.2, 0.25) is 10.0 Å². The van der Waals surface area contributed by atoms with Crippen molar-refractivity contribution < 1.29 is 9.53 Å². The Balaban J connectivity index is 1.78. The Morgan fingerprint density at radius 3 is 2.64 bits per heavy atom. The molecule has 0 aliphatic rings. The van der Waals surface area contributed by atoms with Crippen LogP contribution in [0.5, 0.6) is 5.75 Å². The first-order valence-corrected chi connectivity index (χ1v) is 10.1. The second-order valence-electron chi connectivity index (χ2n) is 6.44. The van der Waals surface area contributed by atoms with Crippen molar-refractivity contribution in [2.24, 2.45) is 0 Å². The van der Waals surface area contributed by atoms with Crippen LogP contribution in [0.3, 0.4) is 0 Å². The van der Waals surface area contributed by atoms with Crippen molar-refractivity contribution in [1.29, 1.82) is 0 Å². The molecule has 0 saturated carbocycles. The molecule has 4 aromatic rings. The number of amides is 1. The fraction of sp³-hybridized carbons (Fsp3) is 0.143. The Morgan fingerprint density at radius 1 is 1.11 bits per heavy atom. The number of halogens is 2. The molecule has 4 rings (SSSR count). The molecule has 0 saturated heterocycles. The van der Waals surface area contributed by atoms with Gasteiger partial charge in [-0.2, -0.15) is 0 Å². The molecule has 0 spiro atoms. The van der Waals surface area contributed by atoms with Gasteiger partial charge in [0.1, 0.15) is 15.6 Å². The average Bonchev–Trinajstić information content (AvgIpc) is 3.10. The number of benzene rings is 2. The topological polar surface area (TPSA) is 42.4 Å². The van der Waals surface area contributed by atoms with E-state index in [1.807, 2.05) is 43.3 Å². The van der Waals surface area contributed by atoms with Crippen LogP contribution >= 0.6 is 34.5 Å². The van der Waals surface area contributed by atoms with Gasteiger partial charge in [-0.15, -0.1) is 11.3 Å². The molecule has 7 heteroatoms. The number of hydrogen-bond donors (Lipinski definition) is 0. The molecule has 0 unspecified atom stereocenters. The van der Waals surface area contributed by atoms with Crippen molar-refractivity contribution in [2.45, 2.75) is 6.92 Å². The normalized spacial score (nSPS) is 11.2. The Hall–Kier alpha value is -2.34. The third-order valence-electron chi connectivity index (χ3n) is 4.64. The van der Waals surface area contributed by atoms with Gasteiger partial charge in [0.05, 0.1) is 17.5 Å². The highest BCUT2D eigenvalue weighted by Gasteiger charge is 2.19. The van der Waals surface area contributed by atoms with Gasteiger partial charge in [0.15, 0.2) is 0 Å². The zero-order chi connectivity index (χ0) is 20.0. The van der Waals surface area contributed by atoms with Crippen LogP contribution < -0.4 is 9.64 Å². The average molecular weight is 431 g/mol. The number of pyridine rings is 1. The molecule has 4 nitrogen and oxygen atoms in total. The van der Waals surface area contributed by atoms with E-state index >= 15 is 0 Å². The van der Waals surface area contributed by atoms with Gasteiger partial charge in [0, 0.05) is 28.5 Å². The summed E-state index contributed by atoms with van der Waals surface area (Å²) in [4.78, 5) is 20.7. The second-order valence-corrected chi connectivity index (χ2v) is 8.29. The Labute approximate surface area is 176 Å². The lowest BCUT2D eigenvalue weighted by Gasteiger charge is -2.19. The minimum absolute atomic E-state index is 0.110. The lowest BCUT2D eigenvalue weighted by atomic mass is 10.1. The maximum absolute atomic E-state index is 13.1. The second kappa shape index (κ2) is 7.24. The van der Waals surface area contributed by atoms with E-state index in [9.17, 15) is 4.79 Å². The van der Waals surface area contributed by atoms with Crippen molar-refractivity contribution in [3.8, 4) is 5.75 Å². The van der Waals surface area contributed by atoms with Gasteiger partial charge in [0.25, 0.3) is 5.91 Å². The summed E-state index contributed by atoms with van der Waals surface area (Å²) in [5.41, 5.74) is 2.42. The van der Waals surface area contributed by atoms with E-state index in [1.165, 1.54) is 11.3 Å². The van der Waals surface area contributed by atoms with Crippen LogP contribution in [0.15, 0.2) is 42.5 Å². The molecule has 0 aliphatic heterocycles. The maximum atomic E-state index is 13.1. The third kappa shape index (κ3) is 3.20. The Morgan fingerprint density at radius 2 is 1.89 bits per heavy atom. The van der Waals surface area contributed by atoms with Crippen LogP contribution in [0.25, 0.3) is 21.1 Å². The SMILES string of the molecule is COc1ccc2cc3cc(C(=O)N(C)c4cc(Cl)ccc4C)sc3nc2c1Cl. The summed E-state index contributed by atoms with van der Waals surface area (Å²) in [6.45, 7) is 1.95. The number of methoxy groups -OCH3 is 1. The number of carbonyl (C=O) groups is 1. The summed E-state index contributed by atoms with van der Waals surface area (Å²) in [5.74, 6) is 0.464.